The first kappa shape index (κ1) is 13.4. The van der Waals surface area contributed by atoms with Gasteiger partial charge in [0.05, 0.1) is 6.04 Å². The molecule has 0 aromatic carbocycles. The standard InChI is InChI=1S/C7H14N2O4S/c8-4(2-10)3-14-6(11)1-5(9)7(12)13/h2,4-6,11H,1,3,8-9H2,(H,12,13)/t4-,5?,6-/m0/s1. The van der Waals surface area contributed by atoms with E-state index in [1.807, 2.05) is 0 Å². The fourth-order valence-corrected chi connectivity index (χ4v) is 1.51. The van der Waals surface area contributed by atoms with E-state index in [1.165, 1.54) is 0 Å². The Hall–Kier alpha value is -0.630. The molecule has 0 saturated carbocycles. The lowest BCUT2D eigenvalue weighted by atomic mass is 10.2. The smallest absolute Gasteiger partial charge is 0.320 e. The Morgan fingerprint density at radius 2 is 2.07 bits per heavy atom. The lowest BCUT2D eigenvalue weighted by Gasteiger charge is -2.13. The van der Waals surface area contributed by atoms with Crippen LogP contribution in [0.25, 0.3) is 0 Å². The van der Waals surface area contributed by atoms with Crippen molar-refractivity contribution in [2.24, 2.45) is 11.5 Å². The molecule has 1 unspecified atom stereocenters. The van der Waals surface area contributed by atoms with Gasteiger partial charge in [0.15, 0.2) is 0 Å². The molecule has 3 atom stereocenters. The largest absolute Gasteiger partial charge is 0.480 e. The third kappa shape index (κ3) is 5.92. The number of nitrogens with two attached hydrogens (primary N) is 2. The van der Waals surface area contributed by atoms with Gasteiger partial charge < -0.3 is 26.5 Å². The first-order valence-electron chi connectivity index (χ1n) is 3.96. The number of aliphatic hydroxyl groups is 1. The molecule has 0 spiro atoms. The Labute approximate surface area is 85.6 Å². The fraction of sp³-hybridized carbons (Fsp3) is 0.714. The first-order valence-corrected chi connectivity index (χ1v) is 5.01. The SMILES string of the molecule is NC(C[C@@H](O)SC[C@@H](N)C=O)C(=O)O. The average molecular weight is 222 g/mol. The van der Waals surface area contributed by atoms with Crippen LogP contribution in [0.15, 0.2) is 0 Å². The number of rotatable bonds is 7. The van der Waals surface area contributed by atoms with E-state index in [0.717, 1.165) is 11.8 Å². The molecule has 0 heterocycles. The molecule has 0 aliphatic carbocycles. The second kappa shape index (κ2) is 6.77. The molecule has 0 bridgehead atoms. The van der Waals surface area contributed by atoms with Crippen molar-refractivity contribution in [3.05, 3.63) is 0 Å². The molecule has 0 aliphatic rings. The van der Waals surface area contributed by atoms with Gasteiger partial charge in [-0.05, 0) is 0 Å². The Morgan fingerprint density at radius 3 is 2.50 bits per heavy atom. The number of thioether (sulfide) groups is 1. The van der Waals surface area contributed by atoms with Crippen molar-refractivity contribution in [1.82, 2.24) is 0 Å². The van der Waals surface area contributed by atoms with Crippen molar-refractivity contribution >= 4 is 24.0 Å². The van der Waals surface area contributed by atoms with Crippen LogP contribution in [-0.4, -0.2) is 45.7 Å². The Bertz CT molecular complexity index is 202. The zero-order chi connectivity index (χ0) is 11.1. The number of carboxylic acid groups (broad SMARTS) is 1. The predicted molar refractivity (Wildman–Crippen MR) is 52.7 cm³/mol. The van der Waals surface area contributed by atoms with Crippen molar-refractivity contribution in [3.8, 4) is 0 Å². The van der Waals surface area contributed by atoms with Gasteiger partial charge in [-0.25, -0.2) is 0 Å². The van der Waals surface area contributed by atoms with Gasteiger partial charge in [-0.15, -0.1) is 11.8 Å². The van der Waals surface area contributed by atoms with Crippen molar-refractivity contribution in [1.29, 1.82) is 0 Å². The summed E-state index contributed by atoms with van der Waals surface area (Å²) in [5.41, 5.74) is 9.54. The van der Waals surface area contributed by atoms with Crippen LogP contribution in [0.4, 0.5) is 0 Å². The van der Waals surface area contributed by atoms with Crippen molar-refractivity contribution in [2.45, 2.75) is 23.9 Å². The highest BCUT2D eigenvalue weighted by molar-refractivity contribution is 7.99. The van der Waals surface area contributed by atoms with Gasteiger partial charge >= 0.3 is 5.97 Å². The summed E-state index contributed by atoms with van der Waals surface area (Å²) in [5, 5.41) is 17.7. The molecule has 7 heteroatoms. The lowest BCUT2D eigenvalue weighted by Crippen LogP contribution is -2.34. The summed E-state index contributed by atoms with van der Waals surface area (Å²) < 4.78 is 0. The summed E-state index contributed by atoms with van der Waals surface area (Å²) in [6.45, 7) is 0. The number of aldehydes is 1. The summed E-state index contributed by atoms with van der Waals surface area (Å²) in [5.74, 6) is -0.916. The third-order valence-corrected chi connectivity index (χ3v) is 2.58. The molecular weight excluding hydrogens is 208 g/mol. The average Bonchev–Trinajstić information content (AvgIpc) is 2.13. The van der Waals surface area contributed by atoms with E-state index in [2.05, 4.69) is 0 Å². The van der Waals surface area contributed by atoms with Gasteiger partial charge in [0.1, 0.15) is 17.8 Å². The van der Waals surface area contributed by atoms with Crippen LogP contribution in [-0.2, 0) is 9.59 Å². The number of aliphatic hydroxyl groups excluding tert-OH is 1. The third-order valence-electron chi connectivity index (χ3n) is 1.43. The summed E-state index contributed by atoms with van der Waals surface area (Å²) in [4.78, 5) is 20.4. The monoisotopic (exact) mass is 222 g/mol. The maximum atomic E-state index is 10.3. The fourth-order valence-electron chi connectivity index (χ4n) is 0.648. The highest BCUT2D eigenvalue weighted by atomic mass is 32.2. The van der Waals surface area contributed by atoms with Gasteiger partial charge in [-0.1, -0.05) is 0 Å². The topological polar surface area (TPSA) is 127 Å². The minimum absolute atomic E-state index is 0.0639. The molecular formula is C7H14N2O4S. The van der Waals surface area contributed by atoms with E-state index in [4.69, 9.17) is 16.6 Å². The highest BCUT2D eigenvalue weighted by Gasteiger charge is 2.17. The molecule has 0 aromatic rings. The van der Waals surface area contributed by atoms with E-state index in [9.17, 15) is 14.7 Å². The maximum absolute atomic E-state index is 10.3. The van der Waals surface area contributed by atoms with Gasteiger partial charge in [0.25, 0.3) is 0 Å². The quantitative estimate of drug-likeness (QED) is 0.301. The van der Waals surface area contributed by atoms with Gasteiger partial charge in [0.2, 0.25) is 0 Å². The van der Waals surface area contributed by atoms with E-state index < -0.39 is 23.5 Å². The number of hydrogen-bond acceptors (Lipinski definition) is 6. The second-order valence-corrected chi connectivity index (χ2v) is 3.98. The maximum Gasteiger partial charge on any atom is 0.320 e. The lowest BCUT2D eigenvalue weighted by molar-refractivity contribution is -0.139. The molecule has 0 fully saturated rings. The number of hydrogen-bond donors (Lipinski definition) is 4. The van der Waals surface area contributed by atoms with Crippen LogP contribution >= 0.6 is 11.8 Å². The van der Waals surface area contributed by atoms with Crippen molar-refractivity contribution < 1.29 is 19.8 Å². The van der Waals surface area contributed by atoms with Gasteiger partial charge in [-0.2, -0.15) is 0 Å². The molecule has 0 amide bonds. The summed E-state index contributed by atoms with van der Waals surface area (Å²) in [6.07, 6.45) is 0.502. The van der Waals surface area contributed by atoms with E-state index in [1.54, 1.807) is 0 Å². The van der Waals surface area contributed by atoms with Crippen molar-refractivity contribution in [2.75, 3.05) is 5.75 Å². The van der Waals surface area contributed by atoms with Crippen LogP contribution in [0.1, 0.15) is 6.42 Å². The number of carboxylic acids is 1. The Kier molecular flexibility index (Phi) is 6.46. The molecule has 14 heavy (non-hydrogen) atoms. The summed E-state index contributed by atoms with van der Waals surface area (Å²) >= 11 is 1.01. The normalized spacial score (nSPS) is 17.1. The summed E-state index contributed by atoms with van der Waals surface area (Å²) in [7, 11) is 0. The van der Waals surface area contributed by atoms with Crippen molar-refractivity contribution in [3.63, 3.8) is 0 Å². The van der Waals surface area contributed by atoms with E-state index >= 15 is 0 Å². The Morgan fingerprint density at radius 1 is 1.50 bits per heavy atom. The highest BCUT2D eigenvalue weighted by Crippen LogP contribution is 2.13. The minimum Gasteiger partial charge on any atom is -0.480 e. The second-order valence-electron chi connectivity index (χ2n) is 2.77. The molecule has 0 saturated heterocycles. The molecule has 0 aromatic heterocycles. The van der Waals surface area contributed by atoms with Gasteiger partial charge in [0, 0.05) is 12.2 Å². The Balaban J connectivity index is 3.69. The predicted octanol–water partition coefficient (Wildman–Crippen LogP) is -1.63. The minimum atomic E-state index is -1.16. The van der Waals surface area contributed by atoms with Crippen LogP contribution in [0.3, 0.4) is 0 Å². The van der Waals surface area contributed by atoms with Crippen LogP contribution in [0.2, 0.25) is 0 Å². The van der Waals surface area contributed by atoms with Crippen LogP contribution in [0, 0.1) is 0 Å². The number of carbonyl (C=O) groups excluding carboxylic acids is 1. The van der Waals surface area contributed by atoms with Gasteiger partial charge in [-0.3, -0.25) is 4.79 Å². The van der Waals surface area contributed by atoms with Crippen LogP contribution < -0.4 is 11.5 Å². The van der Waals surface area contributed by atoms with Crippen LogP contribution in [0.5, 0.6) is 0 Å². The molecule has 82 valence electrons. The summed E-state index contributed by atoms with van der Waals surface area (Å²) in [6, 6.07) is -1.74. The molecule has 0 radical (unpaired) electrons. The molecule has 6 N–H and O–H groups in total. The van der Waals surface area contributed by atoms with E-state index in [-0.39, 0.29) is 12.2 Å². The number of aliphatic carboxylic acids is 1. The molecule has 0 aliphatic heterocycles. The zero-order valence-electron chi connectivity index (χ0n) is 7.50. The number of carbonyl (C=O) groups is 2. The molecule has 6 nitrogen and oxygen atoms in total. The van der Waals surface area contributed by atoms with E-state index in [0.29, 0.717) is 6.29 Å². The first-order chi connectivity index (χ1) is 6.47. The zero-order valence-corrected chi connectivity index (χ0v) is 8.31. The molecule has 0 rings (SSSR count).